The number of likely N-dealkylation sites (tertiary alicyclic amines) is 1. The molecule has 0 aromatic heterocycles. The van der Waals surface area contributed by atoms with Crippen molar-refractivity contribution in [1.82, 2.24) is 10.2 Å². The fourth-order valence-electron chi connectivity index (χ4n) is 2.80. The van der Waals surface area contributed by atoms with Gasteiger partial charge in [-0.25, -0.2) is 0 Å². The van der Waals surface area contributed by atoms with Crippen LogP contribution in [-0.2, 0) is 4.79 Å². The molecule has 0 aromatic rings. The van der Waals surface area contributed by atoms with E-state index in [1.165, 1.54) is 0 Å². The fourth-order valence-corrected chi connectivity index (χ4v) is 2.80. The van der Waals surface area contributed by atoms with Gasteiger partial charge in [-0.1, -0.05) is 0 Å². The highest BCUT2D eigenvalue weighted by Crippen LogP contribution is 2.23. The second kappa shape index (κ2) is 5.15. The van der Waals surface area contributed by atoms with Crippen molar-refractivity contribution in [2.75, 3.05) is 26.2 Å². The van der Waals surface area contributed by atoms with Gasteiger partial charge in [0.25, 0.3) is 0 Å². The summed E-state index contributed by atoms with van der Waals surface area (Å²) in [5, 5.41) is 12.4. The molecule has 4 nitrogen and oxygen atoms in total. The van der Waals surface area contributed by atoms with Gasteiger partial charge in [0.1, 0.15) is 0 Å². The van der Waals surface area contributed by atoms with Crippen LogP contribution in [0.1, 0.15) is 26.2 Å². The van der Waals surface area contributed by atoms with E-state index in [2.05, 4.69) is 12.2 Å². The van der Waals surface area contributed by atoms with Crippen molar-refractivity contribution in [3.63, 3.8) is 0 Å². The number of hydrogen-bond acceptors (Lipinski definition) is 3. The minimum absolute atomic E-state index is 0.202. The Labute approximate surface area is 97.0 Å². The van der Waals surface area contributed by atoms with E-state index in [4.69, 9.17) is 5.11 Å². The van der Waals surface area contributed by atoms with Gasteiger partial charge in [-0.15, -0.1) is 0 Å². The SMILES string of the molecule is CC1CC(C(=O)N2CCC(CO)C2)CCN1. The number of nitrogens with one attached hydrogen (secondary N) is 1. The molecule has 0 aliphatic carbocycles. The summed E-state index contributed by atoms with van der Waals surface area (Å²) in [5.74, 6) is 0.820. The summed E-state index contributed by atoms with van der Waals surface area (Å²) in [5.41, 5.74) is 0. The second-order valence-corrected chi connectivity index (χ2v) is 5.20. The molecule has 2 heterocycles. The van der Waals surface area contributed by atoms with Gasteiger partial charge in [-0.3, -0.25) is 4.79 Å². The third kappa shape index (κ3) is 2.55. The van der Waals surface area contributed by atoms with Crippen LogP contribution in [0.4, 0.5) is 0 Å². The first kappa shape index (κ1) is 11.9. The molecule has 1 amide bonds. The Morgan fingerprint density at radius 3 is 2.94 bits per heavy atom. The number of amides is 1. The molecular weight excluding hydrogens is 204 g/mol. The number of aliphatic hydroxyl groups excluding tert-OH is 1. The number of hydrogen-bond donors (Lipinski definition) is 2. The molecule has 3 unspecified atom stereocenters. The molecule has 3 atom stereocenters. The minimum atomic E-state index is 0.202. The molecule has 92 valence electrons. The van der Waals surface area contributed by atoms with Crippen molar-refractivity contribution in [3.8, 4) is 0 Å². The molecule has 2 rings (SSSR count). The van der Waals surface area contributed by atoms with Gasteiger partial charge in [-0.2, -0.15) is 0 Å². The van der Waals surface area contributed by atoms with E-state index >= 15 is 0 Å². The number of nitrogens with zero attached hydrogens (tertiary/aromatic N) is 1. The summed E-state index contributed by atoms with van der Waals surface area (Å²) in [7, 11) is 0. The molecule has 0 bridgehead atoms. The summed E-state index contributed by atoms with van der Waals surface area (Å²) in [6.45, 7) is 4.90. The molecule has 2 N–H and O–H groups in total. The lowest BCUT2D eigenvalue weighted by atomic mass is 9.92. The lowest BCUT2D eigenvalue weighted by molar-refractivity contribution is -0.135. The van der Waals surface area contributed by atoms with Gasteiger partial charge in [0.2, 0.25) is 5.91 Å². The summed E-state index contributed by atoms with van der Waals surface area (Å²) < 4.78 is 0. The highest BCUT2D eigenvalue weighted by Gasteiger charge is 2.32. The lowest BCUT2D eigenvalue weighted by Crippen LogP contribution is -2.43. The number of aliphatic hydroxyl groups is 1. The third-order valence-corrected chi connectivity index (χ3v) is 3.83. The monoisotopic (exact) mass is 226 g/mol. The summed E-state index contributed by atoms with van der Waals surface area (Å²) in [6.07, 6.45) is 2.88. The van der Waals surface area contributed by atoms with Crippen LogP contribution in [0.25, 0.3) is 0 Å². The predicted molar refractivity (Wildman–Crippen MR) is 62.0 cm³/mol. The predicted octanol–water partition coefficient (Wildman–Crippen LogP) is 0.215. The summed E-state index contributed by atoms with van der Waals surface area (Å²) in [6, 6.07) is 0.457. The van der Waals surface area contributed by atoms with E-state index in [0.717, 1.165) is 38.9 Å². The highest BCUT2D eigenvalue weighted by molar-refractivity contribution is 5.79. The molecule has 0 aromatic carbocycles. The van der Waals surface area contributed by atoms with E-state index in [1.54, 1.807) is 0 Å². The van der Waals surface area contributed by atoms with Crippen molar-refractivity contribution < 1.29 is 9.90 Å². The smallest absolute Gasteiger partial charge is 0.225 e. The van der Waals surface area contributed by atoms with E-state index < -0.39 is 0 Å². The van der Waals surface area contributed by atoms with E-state index in [1.807, 2.05) is 4.90 Å². The first-order valence-electron chi connectivity index (χ1n) is 6.33. The van der Waals surface area contributed by atoms with Crippen LogP contribution in [-0.4, -0.2) is 48.2 Å². The fraction of sp³-hybridized carbons (Fsp3) is 0.917. The van der Waals surface area contributed by atoms with Crippen molar-refractivity contribution in [2.45, 2.75) is 32.2 Å². The molecule has 2 aliphatic heterocycles. The normalized spacial score (nSPS) is 35.4. The van der Waals surface area contributed by atoms with Crippen molar-refractivity contribution in [2.24, 2.45) is 11.8 Å². The summed E-state index contributed by atoms with van der Waals surface area (Å²) in [4.78, 5) is 14.2. The molecule has 2 fully saturated rings. The number of rotatable bonds is 2. The van der Waals surface area contributed by atoms with Crippen molar-refractivity contribution >= 4 is 5.91 Å². The number of carbonyl (C=O) groups is 1. The second-order valence-electron chi connectivity index (χ2n) is 5.20. The zero-order valence-corrected chi connectivity index (χ0v) is 9.98. The van der Waals surface area contributed by atoms with E-state index in [9.17, 15) is 4.79 Å². The van der Waals surface area contributed by atoms with Crippen LogP contribution in [0.3, 0.4) is 0 Å². The molecule has 0 saturated carbocycles. The largest absolute Gasteiger partial charge is 0.396 e. The first-order valence-corrected chi connectivity index (χ1v) is 6.33. The van der Waals surface area contributed by atoms with Crippen molar-refractivity contribution in [1.29, 1.82) is 0 Å². The van der Waals surface area contributed by atoms with Crippen LogP contribution >= 0.6 is 0 Å². The first-order chi connectivity index (χ1) is 7.70. The Morgan fingerprint density at radius 2 is 2.31 bits per heavy atom. The average Bonchev–Trinajstić information content (AvgIpc) is 2.76. The molecule has 2 saturated heterocycles. The summed E-state index contributed by atoms with van der Waals surface area (Å²) >= 11 is 0. The van der Waals surface area contributed by atoms with Crippen LogP contribution in [0, 0.1) is 11.8 Å². The standard InChI is InChI=1S/C12H22N2O2/c1-9-6-11(2-4-13-9)12(16)14-5-3-10(7-14)8-15/h9-11,13,15H,2-8H2,1H3. The molecule has 0 spiro atoms. The van der Waals surface area contributed by atoms with Crippen molar-refractivity contribution in [3.05, 3.63) is 0 Å². The van der Waals surface area contributed by atoms with Gasteiger partial charge in [0.15, 0.2) is 0 Å². The Bertz CT molecular complexity index is 257. The average molecular weight is 226 g/mol. The van der Waals surface area contributed by atoms with Gasteiger partial charge in [0, 0.05) is 37.6 Å². The molecule has 4 heteroatoms. The Hall–Kier alpha value is -0.610. The lowest BCUT2D eigenvalue weighted by Gasteiger charge is -2.30. The third-order valence-electron chi connectivity index (χ3n) is 3.83. The van der Waals surface area contributed by atoms with Gasteiger partial charge in [-0.05, 0) is 32.7 Å². The number of carbonyl (C=O) groups excluding carboxylic acids is 1. The van der Waals surface area contributed by atoms with E-state index in [0.29, 0.717) is 17.9 Å². The molecule has 16 heavy (non-hydrogen) atoms. The number of piperidine rings is 1. The van der Waals surface area contributed by atoms with Gasteiger partial charge < -0.3 is 15.3 Å². The Balaban J connectivity index is 1.87. The zero-order valence-electron chi connectivity index (χ0n) is 9.98. The Kier molecular flexibility index (Phi) is 3.82. The Morgan fingerprint density at radius 1 is 1.50 bits per heavy atom. The van der Waals surface area contributed by atoms with Crippen LogP contribution in [0.15, 0.2) is 0 Å². The topological polar surface area (TPSA) is 52.6 Å². The molecule has 0 radical (unpaired) electrons. The van der Waals surface area contributed by atoms with Gasteiger partial charge in [0.05, 0.1) is 0 Å². The van der Waals surface area contributed by atoms with Crippen LogP contribution in [0.5, 0.6) is 0 Å². The highest BCUT2D eigenvalue weighted by atomic mass is 16.3. The molecular formula is C12H22N2O2. The minimum Gasteiger partial charge on any atom is -0.396 e. The zero-order chi connectivity index (χ0) is 11.5. The maximum Gasteiger partial charge on any atom is 0.225 e. The van der Waals surface area contributed by atoms with E-state index in [-0.39, 0.29) is 12.5 Å². The molecule has 2 aliphatic rings. The maximum atomic E-state index is 12.2. The quantitative estimate of drug-likeness (QED) is 0.708. The van der Waals surface area contributed by atoms with Crippen LogP contribution < -0.4 is 5.32 Å². The van der Waals surface area contributed by atoms with Crippen LogP contribution in [0.2, 0.25) is 0 Å². The maximum absolute atomic E-state index is 12.2. The van der Waals surface area contributed by atoms with Gasteiger partial charge >= 0.3 is 0 Å².